The van der Waals surface area contributed by atoms with Crippen LogP contribution in [-0.4, -0.2) is 19.1 Å². The molecule has 0 aromatic heterocycles. The van der Waals surface area contributed by atoms with E-state index < -0.39 is 15.6 Å². The van der Waals surface area contributed by atoms with Crippen LogP contribution in [0.4, 0.5) is 19.4 Å². The fourth-order valence-corrected chi connectivity index (χ4v) is 2.19. The predicted molar refractivity (Wildman–Crippen MR) is 76.1 cm³/mol. The molecular weight excluding hydrogens is 323 g/mol. The van der Waals surface area contributed by atoms with Gasteiger partial charge in [-0.1, -0.05) is 51.2 Å². The summed E-state index contributed by atoms with van der Waals surface area (Å²) in [4.78, 5) is 0. The van der Waals surface area contributed by atoms with Crippen LogP contribution in [0, 0.1) is 0 Å². The molecule has 0 aromatic carbocycles. The van der Waals surface area contributed by atoms with E-state index in [9.17, 15) is 19.4 Å². The van der Waals surface area contributed by atoms with Gasteiger partial charge in [-0.3, -0.25) is 0 Å². The van der Waals surface area contributed by atoms with Crippen molar-refractivity contribution in [3.05, 3.63) is 11.5 Å². The molecule has 8 heteroatoms. The van der Waals surface area contributed by atoms with E-state index in [2.05, 4.69) is 0 Å². The number of ether oxygens (including phenoxy) is 1. The molecule has 0 bridgehead atoms. The minimum Gasteiger partial charge on any atom is -0.380 e. The lowest BCUT2D eigenvalue weighted by Gasteiger charge is -2.36. The molecule has 0 aliphatic carbocycles. The number of unbranched alkanes of at least 4 members (excludes halogenated alkanes) is 6. The maximum absolute atomic E-state index is 11.9. The summed E-state index contributed by atoms with van der Waals surface area (Å²) < 4.78 is 64.7. The fraction of sp³-hybridized carbons (Fsp3) is 0.833. The number of rotatable bonds is 12. The standard InChI is InChI=1S/C12H22ClF5OS/c13-9-11-19-10-7-5-3-1-2-4-6-8-12-20(14,15,16,17)18/h8,12H,1-7,9-11H2. The van der Waals surface area contributed by atoms with Gasteiger partial charge in [-0.05, 0) is 19.3 Å². The summed E-state index contributed by atoms with van der Waals surface area (Å²) in [6.07, 6.45) is 5.58. The third-order valence-electron chi connectivity index (χ3n) is 2.48. The molecule has 0 heterocycles. The van der Waals surface area contributed by atoms with Crippen molar-refractivity contribution in [2.45, 2.75) is 44.9 Å². The van der Waals surface area contributed by atoms with Gasteiger partial charge in [0.2, 0.25) is 0 Å². The smallest absolute Gasteiger partial charge is 0.304 e. The number of alkyl halides is 1. The first-order valence-corrected chi connectivity index (χ1v) is 9.14. The summed E-state index contributed by atoms with van der Waals surface area (Å²) in [6, 6.07) is 0. The van der Waals surface area contributed by atoms with Crippen LogP contribution < -0.4 is 0 Å². The Kier molecular flexibility index (Phi) is 7.84. The monoisotopic (exact) mass is 344 g/mol. The second-order valence-corrected chi connectivity index (χ2v) is 7.32. The molecular formula is C12H22ClF5OS. The van der Waals surface area contributed by atoms with Gasteiger partial charge in [0.15, 0.2) is 0 Å². The van der Waals surface area contributed by atoms with E-state index in [1.54, 1.807) is 0 Å². The van der Waals surface area contributed by atoms with Gasteiger partial charge in [-0.15, -0.1) is 11.6 Å². The number of allylic oxidation sites excluding steroid dienone is 1. The Balaban J connectivity index is 3.41. The molecule has 0 fully saturated rings. The predicted octanol–water partition coefficient (Wildman–Crippen LogP) is 6.78. The first kappa shape index (κ1) is 20.0. The molecule has 0 aromatic rings. The molecule has 0 spiro atoms. The first-order chi connectivity index (χ1) is 9.04. The van der Waals surface area contributed by atoms with E-state index in [0.29, 0.717) is 31.6 Å². The summed E-state index contributed by atoms with van der Waals surface area (Å²) >= 11 is 5.42. The van der Waals surface area contributed by atoms with Crippen LogP contribution in [0.3, 0.4) is 0 Å². The Morgan fingerprint density at radius 3 is 1.90 bits per heavy atom. The molecule has 0 atom stereocenters. The number of hydrogen-bond acceptors (Lipinski definition) is 1. The summed E-state index contributed by atoms with van der Waals surface area (Å²) in [5.41, 5.74) is 0. The van der Waals surface area contributed by atoms with Crippen molar-refractivity contribution < 1.29 is 24.2 Å². The highest BCUT2D eigenvalue weighted by molar-refractivity contribution is 8.48. The van der Waals surface area contributed by atoms with Crippen LogP contribution in [0.5, 0.6) is 0 Å². The summed E-state index contributed by atoms with van der Waals surface area (Å²) in [7, 11) is -9.35. The molecule has 0 unspecified atom stereocenters. The van der Waals surface area contributed by atoms with Crippen LogP contribution in [-0.2, 0) is 4.74 Å². The van der Waals surface area contributed by atoms with Crippen LogP contribution in [0.2, 0.25) is 0 Å². The molecule has 20 heavy (non-hydrogen) atoms. The normalized spacial score (nSPS) is 16.3. The molecule has 0 aliphatic heterocycles. The zero-order valence-corrected chi connectivity index (χ0v) is 12.9. The number of hydrogen-bond donors (Lipinski definition) is 0. The van der Waals surface area contributed by atoms with Gasteiger partial charge in [0.25, 0.3) is 0 Å². The molecule has 0 amide bonds. The molecule has 0 saturated carbocycles. The lowest BCUT2D eigenvalue weighted by molar-refractivity contribution is 0.144. The summed E-state index contributed by atoms with van der Waals surface area (Å²) in [6.45, 7) is 1.21. The van der Waals surface area contributed by atoms with Crippen molar-refractivity contribution in [1.82, 2.24) is 0 Å². The lowest BCUT2D eigenvalue weighted by Crippen LogP contribution is -1.98. The first-order valence-electron chi connectivity index (χ1n) is 6.59. The fourth-order valence-electron chi connectivity index (χ4n) is 1.58. The molecule has 1 nitrogen and oxygen atoms in total. The van der Waals surface area contributed by atoms with Crippen molar-refractivity contribution in [2.24, 2.45) is 0 Å². The van der Waals surface area contributed by atoms with Crippen molar-refractivity contribution in [3.63, 3.8) is 0 Å². The summed E-state index contributed by atoms with van der Waals surface area (Å²) in [5, 5.41) is -0.853. The zero-order chi connectivity index (χ0) is 15.6. The molecule has 0 N–H and O–H groups in total. The Hall–Kier alpha value is -0.0100. The second kappa shape index (κ2) is 7.84. The Morgan fingerprint density at radius 2 is 1.35 bits per heavy atom. The Labute approximate surface area is 122 Å². The molecule has 0 radical (unpaired) electrons. The largest absolute Gasteiger partial charge is 0.380 e. The molecule has 0 aliphatic rings. The van der Waals surface area contributed by atoms with Gasteiger partial charge in [0.05, 0.1) is 12.0 Å². The highest BCUT2D eigenvalue weighted by atomic mass is 35.5. The average Bonchev–Trinajstić information content (AvgIpc) is 2.27. The van der Waals surface area contributed by atoms with Crippen molar-refractivity contribution >= 4 is 21.8 Å². The van der Waals surface area contributed by atoms with Gasteiger partial charge in [-0.25, -0.2) is 0 Å². The van der Waals surface area contributed by atoms with Crippen LogP contribution >= 0.6 is 21.8 Å². The van der Waals surface area contributed by atoms with Crippen molar-refractivity contribution in [3.8, 4) is 0 Å². The highest BCUT2D eigenvalue weighted by Crippen LogP contribution is 2.98. The minimum absolute atomic E-state index is 0.0322. The third kappa shape index (κ3) is 18.0. The van der Waals surface area contributed by atoms with E-state index in [0.717, 1.165) is 32.1 Å². The zero-order valence-electron chi connectivity index (χ0n) is 11.3. The summed E-state index contributed by atoms with van der Waals surface area (Å²) in [5.74, 6) is 0.479. The third-order valence-corrected chi connectivity index (χ3v) is 3.35. The average molecular weight is 345 g/mol. The SMILES string of the molecule is FS(F)(F)(F)(F)C=CCCCCCCCCOCCCl. The van der Waals surface area contributed by atoms with Gasteiger partial charge in [-0.2, -0.15) is 0 Å². The Bertz CT molecular complexity index is 290. The van der Waals surface area contributed by atoms with E-state index in [1.165, 1.54) is 0 Å². The van der Waals surface area contributed by atoms with E-state index in [4.69, 9.17) is 16.3 Å². The highest BCUT2D eigenvalue weighted by Gasteiger charge is 2.60. The quantitative estimate of drug-likeness (QED) is 0.215. The van der Waals surface area contributed by atoms with E-state index >= 15 is 0 Å². The lowest BCUT2D eigenvalue weighted by atomic mass is 10.1. The van der Waals surface area contributed by atoms with Crippen LogP contribution in [0.25, 0.3) is 0 Å². The maximum Gasteiger partial charge on any atom is 0.304 e. The molecule has 124 valence electrons. The van der Waals surface area contributed by atoms with Crippen LogP contribution in [0.1, 0.15) is 44.9 Å². The van der Waals surface area contributed by atoms with Gasteiger partial charge in [0, 0.05) is 12.5 Å². The maximum atomic E-state index is 11.9. The van der Waals surface area contributed by atoms with Gasteiger partial charge >= 0.3 is 10.2 Å². The molecule has 0 rings (SSSR count). The minimum atomic E-state index is -9.35. The van der Waals surface area contributed by atoms with Gasteiger partial charge in [0.1, 0.15) is 0 Å². The van der Waals surface area contributed by atoms with E-state index in [1.807, 2.05) is 0 Å². The van der Waals surface area contributed by atoms with Crippen LogP contribution in [0.15, 0.2) is 11.5 Å². The van der Waals surface area contributed by atoms with Crippen molar-refractivity contribution in [1.29, 1.82) is 0 Å². The second-order valence-electron chi connectivity index (χ2n) is 4.61. The van der Waals surface area contributed by atoms with Crippen molar-refractivity contribution in [2.75, 3.05) is 19.1 Å². The molecule has 0 saturated heterocycles. The number of halogens is 6. The topological polar surface area (TPSA) is 9.23 Å². The van der Waals surface area contributed by atoms with E-state index in [-0.39, 0.29) is 6.42 Å². The Morgan fingerprint density at radius 1 is 0.800 bits per heavy atom. The van der Waals surface area contributed by atoms with Gasteiger partial charge < -0.3 is 4.74 Å².